The lowest BCUT2D eigenvalue weighted by Crippen LogP contribution is -2.41. The molecule has 1 aromatic rings. The molecule has 2 rings (SSSR count). The van der Waals surface area contributed by atoms with E-state index in [-0.39, 0.29) is 5.56 Å². The van der Waals surface area contributed by atoms with Crippen molar-refractivity contribution < 1.29 is 13.2 Å². The van der Waals surface area contributed by atoms with Gasteiger partial charge >= 0.3 is 6.18 Å². The fraction of sp³-hybridized carbons (Fsp3) is 0.571. The van der Waals surface area contributed by atoms with Crippen LogP contribution in [0.15, 0.2) is 24.3 Å². The molecule has 19 heavy (non-hydrogen) atoms. The first-order chi connectivity index (χ1) is 8.89. The van der Waals surface area contributed by atoms with Crippen molar-refractivity contribution in [3.8, 4) is 0 Å². The average molecular weight is 272 g/mol. The summed E-state index contributed by atoms with van der Waals surface area (Å²) in [5.74, 6) is 0. The van der Waals surface area contributed by atoms with Crippen LogP contribution in [0, 0.1) is 0 Å². The van der Waals surface area contributed by atoms with Crippen molar-refractivity contribution >= 4 is 0 Å². The first-order valence-electron chi connectivity index (χ1n) is 6.51. The summed E-state index contributed by atoms with van der Waals surface area (Å²) in [6.07, 6.45) is -0.916. The highest BCUT2D eigenvalue weighted by atomic mass is 19.4. The lowest BCUT2D eigenvalue weighted by Gasteiger charge is -2.36. The van der Waals surface area contributed by atoms with Crippen LogP contribution in [-0.4, -0.2) is 24.5 Å². The molecule has 0 radical (unpaired) electrons. The molecule has 1 aliphatic rings. The topological polar surface area (TPSA) is 29.3 Å². The second kappa shape index (κ2) is 5.51. The van der Waals surface area contributed by atoms with E-state index >= 15 is 0 Å². The summed E-state index contributed by atoms with van der Waals surface area (Å²) in [4.78, 5) is 2.07. The highest BCUT2D eigenvalue weighted by Crippen LogP contribution is 2.34. The third-order valence-electron chi connectivity index (χ3n) is 3.85. The Kier molecular flexibility index (Phi) is 4.16. The van der Waals surface area contributed by atoms with Crippen molar-refractivity contribution in [3.05, 3.63) is 35.4 Å². The Balaban J connectivity index is 2.12. The maximum absolute atomic E-state index is 12.9. The van der Waals surface area contributed by atoms with Gasteiger partial charge in [0.05, 0.1) is 5.56 Å². The molecular formula is C14H19F3N2. The van der Waals surface area contributed by atoms with Crippen molar-refractivity contribution in [3.63, 3.8) is 0 Å². The Morgan fingerprint density at radius 1 is 1.32 bits per heavy atom. The van der Waals surface area contributed by atoms with Gasteiger partial charge < -0.3 is 10.6 Å². The van der Waals surface area contributed by atoms with Crippen LogP contribution in [0.4, 0.5) is 13.2 Å². The van der Waals surface area contributed by atoms with E-state index in [0.717, 1.165) is 18.9 Å². The number of likely N-dealkylation sites (N-methyl/N-ethyl adjacent to an activating group) is 1. The van der Waals surface area contributed by atoms with Crippen LogP contribution in [0.25, 0.3) is 0 Å². The number of nitrogens with two attached hydrogens (primary N) is 1. The van der Waals surface area contributed by atoms with Crippen molar-refractivity contribution in [1.29, 1.82) is 0 Å². The predicted octanol–water partition coefficient (Wildman–Crippen LogP) is 3.19. The van der Waals surface area contributed by atoms with Crippen LogP contribution in [0.5, 0.6) is 0 Å². The summed E-state index contributed by atoms with van der Waals surface area (Å²) in [5, 5.41) is 0. The molecule has 1 atom stereocenters. The molecule has 0 heterocycles. The normalized spacial score (nSPS) is 18.4. The van der Waals surface area contributed by atoms with Gasteiger partial charge in [0.15, 0.2) is 0 Å². The maximum Gasteiger partial charge on any atom is 0.416 e. The van der Waals surface area contributed by atoms with E-state index in [9.17, 15) is 13.2 Å². The van der Waals surface area contributed by atoms with Gasteiger partial charge in [0.2, 0.25) is 0 Å². The molecule has 1 aromatic carbocycles. The first kappa shape index (κ1) is 14.3. The van der Waals surface area contributed by atoms with Crippen molar-refractivity contribution in [2.75, 3.05) is 13.6 Å². The number of nitrogens with zero attached hydrogens (tertiary/aromatic N) is 1. The lowest BCUT2D eigenvalue weighted by molar-refractivity contribution is -0.138. The number of halogens is 3. The highest BCUT2D eigenvalue weighted by Gasteiger charge is 2.34. The molecule has 106 valence electrons. The Morgan fingerprint density at radius 3 is 2.47 bits per heavy atom. The molecule has 0 saturated heterocycles. The number of rotatable bonds is 4. The third kappa shape index (κ3) is 3.28. The van der Waals surface area contributed by atoms with Crippen LogP contribution in [-0.2, 0) is 6.18 Å². The second-order valence-corrected chi connectivity index (χ2v) is 5.22. The van der Waals surface area contributed by atoms with Crippen LogP contribution in [0.3, 0.4) is 0 Å². The van der Waals surface area contributed by atoms with E-state index in [2.05, 4.69) is 4.90 Å². The van der Waals surface area contributed by atoms with Gasteiger partial charge in [0.1, 0.15) is 0 Å². The van der Waals surface area contributed by atoms with E-state index in [4.69, 9.17) is 5.73 Å². The number of alkyl halides is 3. The smallest absolute Gasteiger partial charge is 0.323 e. The molecule has 0 amide bonds. The van der Waals surface area contributed by atoms with Crippen molar-refractivity contribution in [2.24, 2.45) is 5.73 Å². The average Bonchev–Trinajstić information content (AvgIpc) is 2.25. The minimum Gasteiger partial charge on any atom is -0.323 e. The summed E-state index contributed by atoms with van der Waals surface area (Å²) in [6, 6.07) is 5.44. The third-order valence-corrected chi connectivity index (χ3v) is 3.85. The summed E-state index contributed by atoms with van der Waals surface area (Å²) >= 11 is 0. The van der Waals surface area contributed by atoms with Crippen LogP contribution < -0.4 is 5.73 Å². The van der Waals surface area contributed by atoms with Gasteiger partial charge in [0.25, 0.3) is 0 Å². The zero-order chi connectivity index (χ0) is 14.0. The monoisotopic (exact) mass is 272 g/mol. The highest BCUT2D eigenvalue weighted by molar-refractivity contribution is 5.32. The van der Waals surface area contributed by atoms with Gasteiger partial charge in [-0.3, -0.25) is 0 Å². The summed E-state index contributed by atoms with van der Waals surface area (Å²) in [5.41, 5.74) is 5.53. The lowest BCUT2D eigenvalue weighted by atomic mass is 9.91. The predicted molar refractivity (Wildman–Crippen MR) is 68.6 cm³/mol. The van der Waals surface area contributed by atoms with Gasteiger partial charge in [0, 0.05) is 18.6 Å². The van der Waals surface area contributed by atoms with Crippen LogP contribution >= 0.6 is 0 Å². The van der Waals surface area contributed by atoms with Crippen LogP contribution in [0.1, 0.15) is 36.4 Å². The largest absolute Gasteiger partial charge is 0.416 e. The Hall–Kier alpha value is -1.07. The standard InChI is InChI=1S/C14H19F3N2/c1-19(10-5-4-6-10)9-13(18)11-7-2-3-8-12(11)14(15,16)17/h2-3,7-8,10,13H,4-6,9,18H2,1H3. The Bertz CT molecular complexity index is 427. The van der Waals surface area contributed by atoms with E-state index in [1.54, 1.807) is 6.07 Å². The van der Waals surface area contributed by atoms with E-state index in [1.165, 1.54) is 18.6 Å². The Labute approximate surface area is 111 Å². The van der Waals surface area contributed by atoms with Gasteiger partial charge in [-0.1, -0.05) is 24.6 Å². The number of hydrogen-bond acceptors (Lipinski definition) is 2. The maximum atomic E-state index is 12.9. The summed E-state index contributed by atoms with van der Waals surface area (Å²) in [6.45, 7) is 0.456. The fourth-order valence-corrected chi connectivity index (χ4v) is 2.46. The van der Waals surface area contributed by atoms with Crippen molar-refractivity contribution in [2.45, 2.75) is 37.5 Å². The van der Waals surface area contributed by atoms with E-state index in [1.807, 2.05) is 7.05 Å². The zero-order valence-electron chi connectivity index (χ0n) is 11.0. The molecule has 0 aliphatic heterocycles. The molecule has 0 spiro atoms. The molecular weight excluding hydrogens is 253 g/mol. The molecule has 1 aliphatic carbocycles. The first-order valence-corrected chi connectivity index (χ1v) is 6.51. The quantitative estimate of drug-likeness (QED) is 0.912. The summed E-state index contributed by atoms with van der Waals surface area (Å²) in [7, 11) is 1.93. The molecule has 1 saturated carbocycles. The van der Waals surface area contributed by atoms with E-state index < -0.39 is 17.8 Å². The SMILES string of the molecule is CN(CC(N)c1ccccc1C(F)(F)F)C1CCC1. The molecule has 1 fully saturated rings. The minimum atomic E-state index is -4.34. The minimum absolute atomic E-state index is 0.182. The molecule has 0 aromatic heterocycles. The Morgan fingerprint density at radius 2 is 1.95 bits per heavy atom. The van der Waals surface area contributed by atoms with Crippen molar-refractivity contribution in [1.82, 2.24) is 4.90 Å². The van der Waals surface area contributed by atoms with Gasteiger partial charge in [-0.25, -0.2) is 0 Å². The van der Waals surface area contributed by atoms with E-state index in [0.29, 0.717) is 12.6 Å². The molecule has 2 N–H and O–H groups in total. The summed E-state index contributed by atoms with van der Waals surface area (Å²) < 4.78 is 38.7. The fourth-order valence-electron chi connectivity index (χ4n) is 2.46. The number of hydrogen-bond donors (Lipinski definition) is 1. The van der Waals surface area contributed by atoms with Gasteiger partial charge in [-0.15, -0.1) is 0 Å². The number of benzene rings is 1. The van der Waals surface area contributed by atoms with Crippen LogP contribution in [0.2, 0.25) is 0 Å². The van der Waals surface area contributed by atoms with Gasteiger partial charge in [-0.05, 0) is 31.5 Å². The molecule has 0 bridgehead atoms. The van der Waals surface area contributed by atoms with Gasteiger partial charge in [-0.2, -0.15) is 13.2 Å². The zero-order valence-corrected chi connectivity index (χ0v) is 11.0. The second-order valence-electron chi connectivity index (χ2n) is 5.22. The molecule has 5 heteroatoms. The molecule has 2 nitrogen and oxygen atoms in total. The molecule has 1 unspecified atom stereocenters.